The quantitative estimate of drug-likeness (QED) is 0.819. The van der Waals surface area contributed by atoms with Gasteiger partial charge in [-0.2, -0.15) is 0 Å². The summed E-state index contributed by atoms with van der Waals surface area (Å²) in [7, 11) is 0. The first-order valence-corrected chi connectivity index (χ1v) is 7.91. The minimum absolute atomic E-state index is 0.00762. The Bertz CT molecular complexity index is 701. The largest absolute Gasteiger partial charge is 0.369 e. The van der Waals surface area contributed by atoms with Crippen molar-refractivity contribution in [1.29, 1.82) is 0 Å². The molecular formula is C15H12BrCl2N3. The highest BCUT2D eigenvalue weighted by molar-refractivity contribution is 9.10. The molecule has 0 aliphatic carbocycles. The minimum Gasteiger partial charge on any atom is -0.369 e. The van der Waals surface area contributed by atoms with Crippen LogP contribution in [0.15, 0.2) is 51.9 Å². The van der Waals surface area contributed by atoms with E-state index < -0.39 is 0 Å². The predicted molar refractivity (Wildman–Crippen MR) is 92.3 cm³/mol. The Morgan fingerprint density at radius 1 is 1.14 bits per heavy atom. The summed E-state index contributed by atoms with van der Waals surface area (Å²) in [6, 6.07) is 13.4. The first kappa shape index (κ1) is 14.7. The lowest BCUT2D eigenvalue weighted by atomic mass is 10.1. The second-order valence-electron chi connectivity index (χ2n) is 4.73. The van der Waals surface area contributed by atoms with Crippen molar-refractivity contribution in [2.75, 3.05) is 11.4 Å². The maximum atomic E-state index is 6.37. The Balaban J connectivity index is 2.00. The van der Waals surface area contributed by atoms with E-state index in [1.165, 1.54) is 0 Å². The van der Waals surface area contributed by atoms with E-state index in [2.05, 4.69) is 20.9 Å². The molecule has 0 saturated carbocycles. The standard InChI is InChI=1S/C15H12BrCl2N3/c16-9-1-6-12(13(18)7-9)14-8-20-15(19)21(14)11-4-2-10(17)3-5-11/h1-7,14H,8H2,(H2,19,20). The van der Waals surface area contributed by atoms with Gasteiger partial charge in [0.05, 0.1) is 12.6 Å². The molecule has 2 N–H and O–H groups in total. The fourth-order valence-corrected chi connectivity index (χ4v) is 3.35. The van der Waals surface area contributed by atoms with Crippen LogP contribution in [-0.4, -0.2) is 12.5 Å². The van der Waals surface area contributed by atoms with Gasteiger partial charge in [0.15, 0.2) is 5.96 Å². The minimum atomic E-state index is -0.00762. The number of guanidine groups is 1. The summed E-state index contributed by atoms with van der Waals surface area (Å²) in [5.74, 6) is 0.487. The van der Waals surface area contributed by atoms with Crippen LogP contribution in [0.1, 0.15) is 11.6 Å². The van der Waals surface area contributed by atoms with E-state index in [0.29, 0.717) is 22.5 Å². The molecule has 6 heteroatoms. The van der Waals surface area contributed by atoms with Crippen molar-refractivity contribution < 1.29 is 0 Å². The Morgan fingerprint density at radius 2 is 1.86 bits per heavy atom. The second kappa shape index (κ2) is 5.87. The number of hydrogen-bond donors (Lipinski definition) is 1. The molecule has 0 aromatic heterocycles. The molecule has 108 valence electrons. The molecule has 0 radical (unpaired) electrons. The molecule has 1 aliphatic rings. The van der Waals surface area contributed by atoms with Crippen LogP contribution in [0.25, 0.3) is 0 Å². The molecule has 0 saturated heterocycles. The van der Waals surface area contributed by atoms with Gasteiger partial charge in [-0.15, -0.1) is 0 Å². The van der Waals surface area contributed by atoms with Gasteiger partial charge in [0.2, 0.25) is 0 Å². The van der Waals surface area contributed by atoms with Gasteiger partial charge in [-0.3, -0.25) is 4.99 Å². The van der Waals surface area contributed by atoms with Gasteiger partial charge in [-0.25, -0.2) is 0 Å². The summed E-state index contributed by atoms with van der Waals surface area (Å²) in [4.78, 5) is 6.33. The fraction of sp³-hybridized carbons (Fsp3) is 0.133. The van der Waals surface area contributed by atoms with E-state index in [4.69, 9.17) is 28.9 Å². The molecule has 0 amide bonds. The lowest BCUT2D eigenvalue weighted by Crippen LogP contribution is -2.36. The molecule has 1 heterocycles. The maximum Gasteiger partial charge on any atom is 0.196 e. The highest BCUT2D eigenvalue weighted by atomic mass is 79.9. The third-order valence-corrected chi connectivity index (χ3v) is 4.48. The molecule has 1 atom stereocenters. The van der Waals surface area contributed by atoms with Crippen molar-refractivity contribution in [2.45, 2.75) is 6.04 Å². The van der Waals surface area contributed by atoms with Crippen molar-refractivity contribution >= 4 is 50.8 Å². The Hall–Kier alpha value is -1.23. The molecule has 1 aliphatic heterocycles. The van der Waals surface area contributed by atoms with Gasteiger partial charge in [0, 0.05) is 20.2 Å². The molecule has 0 bridgehead atoms. The summed E-state index contributed by atoms with van der Waals surface area (Å²) in [5, 5.41) is 1.38. The van der Waals surface area contributed by atoms with Gasteiger partial charge in [0.1, 0.15) is 0 Å². The van der Waals surface area contributed by atoms with Gasteiger partial charge >= 0.3 is 0 Å². The van der Waals surface area contributed by atoms with Gasteiger partial charge < -0.3 is 10.6 Å². The zero-order valence-corrected chi connectivity index (χ0v) is 14.0. The van der Waals surface area contributed by atoms with Crippen LogP contribution in [0.2, 0.25) is 10.0 Å². The van der Waals surface area contributed by atoms with Crippen LogP contribution in [-0.2, 0) is 0 Å². The smallest absolute Gasteiger partial charge is 0.196 e. The van der Waals surface area contributed by atoms with Crippen LogP contribution < -0.4 is 10.6 Å². The first-order valence-electron chi connectivity index (χ1n) is 6.36. The normalized spacial score (nSPS) is 18.0. The van der Waals surface area contributed by atoms with Crippen molar-refractivity contribution in [3.63, 3.8) is 0 Å². The second-order valence-corrected chi connectivity index (χ2v) is 6.49. The number of aliphatic imine (C=N–C) groups is 1. The lowest BCUT2D eigenvalue weighted by molar-refractivity contribution is 0.769. The van der Waals surface area contributed by atoms with Gasteiger partial charge in [-0.05, 0) is 42.0 Å². The fourth-order valence-electron chi connectivity index (χ4n) is 2.42. The number of nitrogens with two attached hydrogens (primary N) is 1. The van der Waals surface area contributed by atoms with Crippen LogP contribution in [0.3, 0.4) is 0 Å². The number of nitrogens with zero attached hydrogens (tertiary/aromatic N) is 2. The molecule has 3 nitrogen and oxygen atoms in total. The zero-order chi connectivity index (χ0) is 15.0. The van der Waals surface area contributed by atoms with Crippen molar-refractivity contribution in [1.82, 2.24) is 0 Å². The van der Waals surface area contributed by atoms with Gasteiger partial charge in [-0.1, -0.05) is 45.2 Å². The average molecular weight is 385 g/mol. The number of anilines is 1. The van der Waals surface area contributed by atoms with E-state index in [-0.39, 0.29) is 6.04 Å². The monoisotopic (exact) mass is 383 g/mol. The molecule has 2 aromatic rings. The third kappa shape index (κ3) is 2.89. The first-order chi connectivity index (χ1) is 10.1. The molecule has 0 fully saturated rings. The molecule has 21 heavy (non-hydrogen) atoms. The molecule has 0 spiro atoms. The van der Waals surface area contributed by atoms with E-state index in [1.54, 1.807) is 0 Å². The van der Waals surface area contributed by atoms with Gasteiger partial charge in [0.25, 0.3) is 0 Å². The van der Waals surface area contributed by atoms with Crippen molar-refractivity contribution in [2.24, 2.45) is 10.7 Å². The lowest BCUT2D eigenvalue weighted by Gasteiger charge is -2.27. The highest BCUT2D eigenvalue weighted by Crippen LogP contribution is 2.36. The topological polar surface area (TPSA) is 41.6 Å². The van der Waals surface area contributed by atoms with Crippen LogP contribution in [0, 0.1) is 0 Å². The molecular weight excluding hydrogens is 373 g/mol. The predicted octanol–water partition coefficient (Wildman–Crippen LogP) is 4.63. The van der Waals surface area contributed by atoms with E-state index in [9.17, 15) is 0 Å². The third-order valence-electron chi connectivity index (χ3n) is 3.41. The van der Waals surface area contributed by atoms with E-state index >= 15 is 0 Å². The zero-order valence-electron chi connectivity index (χ0n) is 10.9. The van der Waals surface area contributed by atoms with Crippen LogP contribution >= 0.6 is 39.1 Å². The molecule has 1 unspecified atom stereocenters. The van der Waals surface area contributed by atoms with Crippen molar-refractivity contribution in [3.8, 4) is 0 Å². The summed E-state index contributed by atoms with van der Waals surface area (Å²) in [5.41, 5.74) is 7.99. The molecule has 3 rings (SSSR count). The maximum absolute atomic E-state index is 6.37. The van der Waals surface area contributed by atoms with Crippen molar-refractivity contribution in [3.05, 3.63) is 62.5 Å². The SMILES string of the molecule is NC1=NCC(c2ccc(Br)cc2Cl)N1c1ccc(Cl)cc1. The van der Waals surface area contributed by atoms with E-state index in [1.807, 2.05) is 47.4 Å². The Morgan fingerprint density at radius 3 is 2.52 bits per heavy atom. The molecule has 2 aromatic carbocycles. The van der Waals surface area contributed by atoms with E-state index in [0.717, 1.165) is 15.7 Å². The Kier molecular flexibility index (Phi) is 4.11. The summed E-state index contributed by atoms with van der Waals surface area (Å²) in [6.45, 7) is 0.579. The summed E-state index contributed by atoms with van der Waals surface area (Å²) in [6.07, 6.45) is 0. The number of rotatable bonds is 2. The number of hydrogen-bond acceptors (Lipinski definition) is 3. The number of benzene rings is 2. The Labute approximate surface area is 141 Å². The summed E-state index contributed by atoms with van der Waals surface area (Å²) >= 11 is 15.7. The van der Waals surface area contributed by atoms with Crippen LogP contribution in [0.5, 0.6) is 0 Å². The van der Waals surface area contributed by atoms with Crippen LogP contribution in [0.4, 0.5) is 5.69 Å². The average Bonchev–Trinajstić information content (AvgIpc) is 2.82. The number of halogens is 3. The highest BCUT2D eigenvalue weighted by Gasteiger charge is 2.30. The summed E-state index contributed by atoms with van der Waals surface area (Å²) < 4.78 is 0.946.